The molecule has 5 nitrogen and oxygen atoms in total. The molecule has 17 heavy (non-hydrogen) atoms. The van der Waals surface area contributed by atoms with Crippen LogP contribution in [0.15, 0.2) is 50.6 Å². The predicted molar refractivity (Wildman–Crippen MR) is 64.9 cm³/mol. The Balaban J connectivity index is 4.59. The van der Waals surface area contributed by atoms with Crippen molar-refractivity contribution in [3.63, 3.8) is 0 Å². The van der Waals surface area contributed by atoms with Crippen LogP contribution in [0.2, 0.25) is 0 Å². The first-order valence-corrected chi connectivity index (χ1v) is 5.15. The third kappa shape index (κ3) is 6.83. The maximum Gasteiger partial charge on any atom is 0.248 e. The van der Waals surface area contributed by atoms with Gasteiger partial charge in [-0.05, 0) is 0 Å². The molecule has 0 aromatic heterocycles. The monoisotopic (exact) mass is 242 g/mol. The van der Waals surface area contributed by atoms with Gasteiger partial charge in [-0.2, -0.15) is 0 Å². The van der Waals surface area contributed by atoms with E-state index in [9.17, 15) is 0 Å². The highest BCUT2D eigenvalue weighted by Gasteiger charge is 2.37. The van der Waals surface area contributed by atoms with Crippen LogP contribution in [-0.2, 0) is 19.4 Å². The van der Waals surface area contributed by atoms with Gasteiger partial charge in [0.2, 0.25) is 5.14 Å². The lowest BCUT2D eigenvalue weighted by Gasteiger charge is -2.24. The summed E-state index contributed by atoms with van der Waals surface area (Å²) < 4.78 is 0. The smallest absolute Gasteiger partial charge is 0.101 e. The Labute approximate surface area is 102 Å². The molecular weight excluding hydrogens is 222 g/mol. The highest BCUT2D eigenvalue weighted by Crippen LogP contribution is 2.13. The third-order valence-corrected chi connectivity index (χ3v) is 1.40. The van der Waals surface area contributed by atoms with Crippen molar-refractivity contribution < 1.29 is 24.5 Å². The second-order valence-corrected chi connectivity index (χ2v) is 2.78. The molecule has 0 aliphatic carbocycles. The predicted octanol–water partition coefficient (Wildman–Crippen LogP) is 2.27. The molecule has 0 fully saturated rings. The summed E-state index contributed by atoms with van der Waals surface area (Å²) in [5, 5.41) is -0.865. The Morgan fingerprint density at radius 2 is 0.824 bits per heavy atom. The van der Waals surface area contributed by atoms with Crippen molar-refractivity contribution in [1.82, 2.24) is 0 Å². The largest absolute Gasteiger partial charge is 0.248 e. The van der Waals surface area contributed by atoms with Crippen LogP contribution in [0, 0.1) is 0 Å². The zero-order valence-electron chi connectivity index (χ0n) is 10.0. The van der Waals surface area contributed by atoms with E-state index in [1.165, 1.54) is 0 Å². The molecule has 0 heterocycles. The van der Waals surface area contributed by atoms with Crippen LogP contribution < -0.4 is 0 Å². The molecule has 0 rings (SSSR count). The molecule has 0 atom stereocenters. The van der Waals surface area contributed by atoms with Crippen molar-refractivity contribution in [3.8, 4) is 0 Å². The Morgan fingerprint density at radius 3 is 1.00 bits per heavy atom. The van der Waals surface area contributed by atoms with Crippen LogP contribution in [0.5, 0.6) is 0 Å². The van der Waals surface area contributed by atoms with E-state index in [2.05, 4.69) is 26.3 Å². The van der Waals surface area contributed by atoms with E-state index in [-0.39, 0.29) is 26.4 Å². The zero-order chi connectivity index (χ0) is 13.0. The molecule has 0 aromatic carbocycles. The van der Waals surface area contributed by atoms with Crippen LogP contribution in [-0.4, -0.2) is 31.6 Å². The molecule has 0 amide bonds. The quantitative estimate of drug-likeness (QED) is 0.299. The summed E-state index contributed by atoms with van der Waals surface area (Å²) in [5.41, 5.74) is 0. The lowest BCUT2D eigenvalue weighted by Crippen LogP contribution is -2.48. The molecule has 0 radical (unpaired) electrons. The van der Waals surface area contributed by atoms with Gasteiger partial charge in [0.1, 0.15) is 26.4 Å². The molecule has 0 unspecified atom stereocenters. The van der Waals surface area contributed by atoms with Crippen LogP contribution in [0.4, 0.5) is 0 Å². The number of hydrogen-bond acceptors (Lipinski definition) is 4. The van der Waals surface area contributed by atoms with Crippen molar-refractivity contribution in [1.29, 1.82) is 0 Å². The minimum atomic E-state index is -0.865. The molecule has 0 saturated carbocycles. The Kier molecular flexibility index (Phi) is 9.22. The fourth-order valence-corrected chi connectivity index (χ4v) is 0.800. The summed E-state index contributed by atoms with van der Waals surface area (Å²) >= 11 is 0. The molecule has 0 bridgehead atoms. The van der Waals surface area contributed by atoms with Crippen LogP contribution in [0.1, 0.15) is 0 Å². The van der Waals surface area contributed by atoms with Gasteiger partial charge in [-0.3, -0.25) is 0 Å². The summed E-state index contributed by atoms with van der Waals surface area (Å²) in [6.07, 6.45) is 6.22. The van der Waals surface area contributed by atoms with Gasteiger partial charge in [0, 0.05) is 0 Å². The normalized spacial score (nSPS) is 10.8. The highest BCUT2D eigenvalue weighted by molar-refractivity contribution is 4.64. The van der Waals surface area contributed by atoms with E-state index < -0.39 is 5.14 Å². The minimum Gasteiger partial charge on any atom is -0.101 e. The van der Waals surface area contributed by atoms with Crippen molar-refractivity contribution in [3.05, 3.63) is 50.6 Å². The highest BCUT2D eigenvalue weighted by atomic mass is 17.4. The van der Waals surface area contributed by atoms with Gasteiger partial charge in [0.05, 0.1) is 0 Å². The van der Waals surface area contributed by atoms with Gasteiger partial charge in [-0.1, -0.05) is 43.7 Å². The summed E-state index contributed by atoms with van der Waals surface area (Å²) in [6, 6.07) is 0. The Morgan fingerprint density at radius 1 is 0.588 bits per heavy atom. The molecule has 0 aliphatic rings. The van der Waals surface area contributed by atoms with Gasteiger partial charge in [-0.15, -0.1) is 26.3 Å². The molecule has 96 valence electrons. The average Bonchev–Trinajstić information content (AvgIpc) is 2.37. The first-order chi connectivity index (χ1) is 8.24. The zero-order valence-corrected chi connectivity index (χ0v) is 10.0. The first-order valence-electron chi connectivity index (χ1n) is 5.15. The molecule has 5 heteroatoms. The van der Waals surface area contributed by atoms with Gasteiger partial charge in [0.25, 0.3) is 0 Å². The van der Waals surface area contributed by atoms with E-state index in [1.807, 2.05) is 0 Å². The van der Waals surface area contributed by atoms with E-state index in [0.717, 1.165) is 0 Å². The van der Waals surface area contributed by atoms with Crippen LogP contribution in [0.3, 0.4) is 0 Å². The summed E-state index contributed by atoms with van der Waals surface area (Å²) in [4.78, 5) is 21.2. The maximum absolute atomic E-state index is 5.29. The molecular formula is C12H20NO4+. The Hall–Kier alpha value is -1.24. The lowest BCUT2D eigenvalue weighted by atomic mass is 10.7. The number of hydrogen-bond donors (Lipinski definition) is 0. The molecule has 0 aromatic rings. The Bertz CT molecular complexity index is 199. The summed E-state index contributed by atoms with van der Waals surface area (Å²) in [7, 11) is 0. The molecule has 0 saturated heterocycles. The first kappa shape index (κ1) is 15.8. The minimum absolute atomic E-state index is 0.200. The average molecular weight is 242 g/mol. The van der Waals surface area contributed by atoms with Gasteiger partial charge >= 0.3 is 0 Å². The second-order valence-electron chi connectivity index (χ2n) is 2.78. The second kappa shape index (κ2) is 9.95. The fourth-order valence-electron chi connectivity index (χ4n) is 0.800. The van der Waals surface area contributed by atoms with Crippen molar-refractivity contribution in [2.24, 2.45) is 0 Å². The van der Waals surface area contributed by atoms with Crippen molar-refractivity contribution >= 4 is 0 Å². The van der Waals surface area contributed by atoms with E-state index >= 15 is 0 Å². The van der Waals surface area contributed by atoms with E-state index in [4.69, 9.17) is 19.4 Å². The standard InChI is InChI=1S/C12H20NO4/c1-5-9-14-13(15-10-6-2,16-11-7-3)17-12-8-4/h5-8H,1-4,9-12H2/q+1. The topological polar surface area (TPSA) is 36.9 Å². The number of rotatable bonds is 12. The fraction of sp³-hybridized carbons (Fsp3) is 0.333. The maximum atomic E-state index is 5.29. The van der Waals surface area contributed by atoms with Crippen LogP contribution in [0.25, 0.3) is 0 Å². The lowest BCUT2D eigenvalue weighted by molar-refractivity contribution is -1.47. The number of quaternary nitrogens is 1. The molecule has 0 aliphatic heterocycles. The summed E-state index contributed by atoms with van der Waals surface area (Å²) in [5.74, 6) is 0. The molecule has 0 spiro atoms. The number of nitrogens with zero attached hydrogens (tertiary/aromatic N) is 1. The van der Waals surface area contributed by atoms with Crippen LogP contribution >= 0.6 is 0 Å². The van der Waals surface area contributed by atoms with Crippen molar-refractivity contribution in [2.75, 3.05) is 26.4 Å². The van der Waals surface area contributed by atoms with E-state index in [0.29, 0.717) is 0 Å². The van der Waals surface area contributed by atoms with Crippen molar-refractivity contribution in [2.45, 2.75) is 0 Å². The summed E-state index contributed by atoms with van der Waals surface area (Å²) in [6.45, 7) is 15.0. The third-order valence-electron chi connectivity index (χ3n) is 1.40. The van der Waals surface area contributed by atoms with Gasteiger partial charge in [-0.25, -0.2) is 0 Å². The molecule has 0 N–H and O–H groups in total. The van der Waals surface area contributed by atoms with E-state index in [1.54, 1.807) is 24.3 Å². The van der Waals surface area contributed by atoms with Gasteiger partial charge in [0.15, 0.2) is 0 Å². The van der Waals surface area contributed by atoms with Gasteiger partial charge < -0.3 is 0 Å². The SMILES string of the molecule is C=CCO[N+](OCC=C)(OCC=C)OCC=C.